The first-order chi connectivity index (χ1) is 9.34. The number of ether oxygens (including phenoxy) is 1. The second kappa shape index (κ2) is 5.74. The Labute approximate surface area is 121 Å². The van der Waals surface area contributed by atoms with E-state index in [0.717, 1.165) is 12.0 Å². The van der Waals surface area contributed by atoms with Crippen LogP contribution < -0.4 is 4.74 Å². The molecule has 1 saturated heterocycles. The lowest BCUT2D eigenvalue weighted by Gasteiger charge is -2.34. The molecule has 1 heterocycles. The fourth-order valence-corrected chi connectivity index (χ4v) is 4.73. The van der Waals surface area contributed by atoms with Gasteiger partial charge in [0.25, 0.3) is 0 Å². The zero-order valence-corrected chi connectivity index (χ0v) is 13.4. The molecule has 0 unspecified atom stereocenters. The van der Waals surface area contributed by atoms with Crippen LogP contribution >= 0.6 is 0 Å². The molecule has 1 aliphatic rings. The molecule has 0 bridgehead atoms. The summed E-state index contributed by atoms with van der Waals surface area (Å²) in [6.45, 7) is 7.30. The van der Waals surface area contributed by atoms with E-state index in [0.29, 0.717) is 35.6 Å². The fraction of sp³-hybridized carbons (Fsp3) is 0.600. The summed E-state index contributed by atoms with van der Waals surface area (Å²) in [7, 11) is -1.81. The van der Waals surface area contributed by atoms with Crippen molar-refractivity contribution >= 4 is 10.0 Å². The molecule has 1 aliphatic heterocycles. The van der Waals surface area contributed by atoms with Crippen LogP contribution in [0.5, 0.6) is 5.75 Å². The first kappa shape index (κ1) is 15.3. The van der Waals surface area contributed by atoms with Crippen molar-refractivity contribution in [3.8, 4) is 5.75 Å². The molecule has 1 aromatic carbocycles. The number of benzene rings is 1. The predicted molar refractivity (Wildman–Crippen MR) is 79.4 cm³/mol. The van der Waals surface area contributed by atoms with Crippen molar-refractivity contribution in [1.29, 1.82) is 0 Å². The molecule has 112 valence electrons. The van der Waals surface area contributed by atoms with E-state index in [-0.39, 0.29) is 0 Å². The molecule has 0 aliphatic carbocycles. The molecule has 0 spiro atoms. The zero-order valence-electron chi connectivity index (χ0n) is 12.6. The summed E-state index contributed by atoms with van der Waals surface area (Å²) >= 11 is 0. The Morgan fingerprint density at radius 2 is 1.80 bits per heavy atom. The summed E-state index contributed by atoms with van der Waals surface area (Å²) in [5.41, 5.74) is 0.840. The number of methoxy groups -OCH3 is 1. The number of sulfonamides is 1. The number of aryl methyl sites for hydroxylation is 1. The molecular weight excluding hydrogens is 274 g/mol. The minimum atomic E-state index is -3.40. The van der Waals surface area contributed by atoms with E-state index in [1.165, 1.54) is 0 Å². The van der Waals surface area contributed by atoms with Gasteiger partial charge < -0.3 is 4.74 Å². The Hall–Kier alpha value is -1.07. The van der Waals surface area contributed by atoms with Gasteiger partial charge in [-0.1, -0.05) is 13.8 Å². The van der Waals surface area contributed by atoms with E-state index in [1.807, 2.05) is 6.92 Å². The highest BCUT2D eigenvalue weighted by Gasteiger charge is 2.31. The van der Waals surface area contributed by atoms with Gasteiger partial charge in [-0.2, -0.15) is 4.31 Å². The molecule has 0 N–H and O–H groups in total. The fourth-order valence-electron chi connectivity index (χ4n) is 2.96. The zero-order chi connectivity index (χ0) is 14.9. The van der Waals surface area contributed by atoms with Crippen LogP contribution in [0.2, 0.25) is 0 Å². The second-order valence-corrected chi connectivity index (χ2v) is 7.84. The van der Waals surface area contributed by atoms with Crippen molar-refractivity contribution in [2.75, 3.05) is 20.2 Å². The molecule has 5 heteroatoms. The number of nitrogens with zero attached hydrogens (tertiary/aromatic N) is 1. The second-order valence-electron chi connectivity index (χ2n) is 5.90. The summed E-state index contributed by atoms with van der Waals surface area (Å²) in [6.07, 6.45) is 1.09. The van der Waals surface area contributed by atoms with Crippen LogP contribution in [0.3, 0.4) is 0 Å². The Morgan fingerprint density at radius 3 is 2.30 bits per heavy atom. The lowest BCUT2D eigenvalue weighted by Crippen LogP contribution is -2.42. The Balaban J connectivity index is 2.32. The summed E-state index contributed by atoms with van der Waals surface area (Å²) in [6, 6.07) is 5.04. The molecule has 0 aromatic heterocycles. The average molecular weight is 297 g/mol. The van der Waals surface area contributed by atoms with Gasteiger partial charge in [-0.3, -0.25) is 0 Å². The SMILES string of the molecule is COc1ccc(S(=O)(=O)N2C[C@H](C)C[C@H](C)C2)cc1C. The van der Waals surface area contributed by atoms with Crippen LogP contribution in [0.15, 0.2) is 23.1 Å². The molecule has 2 rings (SSSR count). The van der Waals surface area contributed by atoms with E-state index >= 15 is 0 Å². The lowest BCUT2D eigenvalue weighted by atomic mass is 9.94. The monoisotopic (exact) mass is 297 g/mol. The van der Waals surface area contributed by atoms with Gasteiger partial charge in [0.2, 0.25) is 10.0 Å². The molecule has 4 nitrogen and oxygen atoms in total. The third-order valence-corrected chi connectivity index (χ3v) is 5.67. The van der Waals surface area contributed by atoms with Gasteiger partial charge in [0.05, 0.1) is 12.0 Å². The maximum atomic E-state index is 12.7. The molecule has 0 radical (unpaired) electrons. The number of rotatable bonds is 3. The topological polar surface area (TPSA) is 46.6 Å². The summed E-state index contributed by atoms with van der Waals surface area (Å²) < 4.78 is 32.2. The number of hydrogen-bond donors (Lipinski definition) is 0. The Bertz CT molecular complexity index is 573. The first-order valence-corrected chi connectivity index (χ1v) is 8.43. The van der Waals surface area contributed by atoms with Crippen molar-refractivity contribution in [2.24, 2.45) is 11.8 Å². The van der Waals surface area contributed by atoms with Crippen molar-refractivity contribution in [3.05, 3.63) is 23.8 Å². The Kier molecular flexibility index (Phi) is 4.39. The number of hydrogen-bond acceptors (Lipinski definition) is 3. The van der Waals surface area contributed by atoms with E-state index in [4.69, 9.17) is 4.74 Å². The molecule has 0 saturated carbocycles. The van der Waals surface area contributed by atoms with Gasteiger partial charge in [0, 0.05) is 13.1 Å². The largest absolute Gasteiger partial charge is 0.496 e. The smallest absolute Gasteiger partial charge is 0.243 e. The van der Waals surface area contributed by atoms with E-state index in [2.05, 4.69) is 13.8 Å². The third kappa shape index (κ3) is 2.99. The highest BCUT2D eigenvalue weighted by Crippen LogP contribution is 2.28. The van der Waals surface area contributed by atoms with Crippen LogP contribution in [0, 0.1) is 18.8 Å². The average Bonchev–Trinajstić information content (AvgIpc) is 2.37. The third-order valence-electron chi connectivity index (χ3n) is 3.84. The highest BCUT2D eigenvalue weighted by atomic mass is 32.2. The van der Waals surface area contributed by atoms with Gasteiger partial charge in [0.1, 0.15) is 5.75 Å². The van der Waals surface area contributed by atoms with Crippen LogP contribution in [0.1, 0.15) is 25.8 Å². The van der Waals surface area contributed by atoms with Crippen LogP contribution in [-0.2, 0) is 10.0 Å². The maximum Gasteiger partial charge on any atom is 0.243 e. The number of piperidine rings is 1. The minimum Gasteiger partial charge on any atom is -0.496 e. The Morgan fingerprint density at radius 1 is 1.20 bits per heavy atom. The molecule has 1 aromatic rings. The minimum absolute atomic E-state index is 0.358. The summed E-state index contributed by atoms with van der Waals surface area (Å²) in [5.74, 6) is 1.53. The first-order valence-electron chi connectivity index (χ1n) is 6.99. The predicted octanol–water partition coefficient (Wildman–Crippen LogP) is 2.67. The van der Waals surface area contributed by atoms with Gasteiger partial charge >= 0.3 is 0 Å². The van der Waals surface area contributed by atoms with Crippen LogP contribution in [0.4, 0.5) is 0 Å². The quantitative estimate of drug-likeness (QED) is 0.861. The van der Waals surface area contributed by atoms with Gasteiger partial charge in [-0.15, -0.1) is 0 Å². The molecule has 20 heavy (non-hydrogen) atoms. The molecule has 2 atom stereocenters. The maximum absolute atomic E-state index is 12.7. The molecule has 1 fully saturated rings. The van der Waals surface area contributed by atoms with E-state index in [9.17, 15) is 8.42 Å². The summed E-state index contributed by atoms with van der Waals surface area (Å²) in [5, 5.41) is 0. The van der Waals surface area contributed by atoms with Crippen molar-refractivity contribution in [1.82, 2.24) is 4.31 Å². The normalized spacial score (nSPS) is 24.6. The molecular formula is C15H23NO3S. The van der Waals surface area contributed by atoms with Gasteiger partial charge in [-0.25, -0.2) is 8.42 Å². The van der Waals surface area contributed by atoms with Crippen molar-refractivity contribution in [2.45, 2.75) is 32.1 Å². The standard InChI is InChI=1S/C15H23NO3S/c1-11-7-12(2)10-16(9-11)20(17,18)14-5-6-15(19-4)13(3)8-14/h5-6,8,11-12H,7,9-10H2,1-4H3/t11-,12+. The van der Waals surface area contributed by atoms with E-state index < -0.39 is 10.0 Å². The van der Waals surface area contributed by atoms with E-state index in [1.54, 1.807) is 29.6 Å². The van der Waals surface area contributed by atoms with Crippen molar-refractivity contribution in [3.63, 3.8) is 0 Å². The van der Waals surface area contributed by atoms with Crippen LogP contribution in [-0.4, -0.2) is 32.9 Å². The van der Waals surface area contributed by atoms with Gasteiger partial charge in [-0.05, 0) is 48.9 Å². The van der Waals surface area contributed by atoms with Gasteiger partial charge in [0.15, 0.2) is 0 Å². The molecule has 0 amide bonds. The summed E-state index contributed by atoms with van der Waals surface area (Å²) in [4.78, 5) is 0.358. The highest BCUT2D eigenvalue weighted by molar-refractivity contribution is 7.89. The lowest BCUT2D eigenvalue weighted by molar-refractivity contribution is 0.222. The van der Waals surface area contributed by atoms with Crippen molar-refractivity contribution < 1.29 is 13.2 Å². The van der Waals surface area contributed by atoms with Crippen LogP contribution in [0.25, 0.3) is 0 Å².